The van der Waals surface area contributed by atoms with Crippen LogP contribution in [0.15, 0.2) is 47.6 Å². The molecule has 0 N–H and O–H groups in total. The summed E-state index contributed by atoms with van der Waals surface area (Å²) in [6, 6.07) is 10.6. The Hall–Kier alpha value is -2.15. The molecule has 0 saturated heterocycles. The Bertz CT molecular complexity index is 681. The van der Waals surface area contributed by atoms with E-state index in [1.54, 1.807) is 13.1 Å². The van der Waals surface area contributed by atoms with Crippen molar-refractivity contribution >= 4 is 17.7 Å². The minimum atomic E-state index is -2.62. The maximum atomic E-state index is 12.6. The molecule has 0 aliphatic heterocycles. The molecular weight excluding hydrogens is 334 g/mol. The normalized spacial score (nSPS) is 10.7. The molecule has 4 nitrogen and oxygen atoms in total. The van der Waals surface area contributed by atoms with Crippen molar-refractivity contribution in [2.45, 2.75) is 17.7 Å². The fourth-order valence-corrected chi connectivity index (χ4v) is 2.55. The van der Waals surface area contributed by atoms with E-state index in [-0.39, 0.29) is 28.3 Å². The lowest BCUT2D eigenvalue weighted by Gasteiger charge is -2.18. The van der Waals surface area contributed by atoms with Crippen molar-refractivity contribution in [3.63, 3.8) is 0 Å². The molecule has 7 heteroatoms. The second kappa shape index (κ2) is 8.63. The number of benzene rings is 1. The predicted molar refractivity (Wildman–Crippen MR) is 89.7 cm³/mol. The number of hydrogen-bond acceptors (Lipinski definition) is 4. The number of alkyl halides is 2. The lowest BCUT2D eigenvalue weighted by atomic mass is 10.2. The van der Waals surface area contributed by atoms with Gasteiger partial charge in [-0.1, -0.05) is 17.7 Å². The molecule has 0 radical (unpaired) electrons. The van der Waals surface area contributed by atoms with Gasteiger partial charge in [-0.25, -0.2) is 4.98 Å². The molecule has 0 aliphatic carbocycles. The van der Waals surface area contributed by atoms with Crippen LogP contribution >= 0.6 is 11.8 Å². The molecule has 1 amide bonds. The highest BCUT2D eigenvalue weighted by Gasteiger charge is 2.19. The van der Waals surface area contributed by atoms with E-state index in [9.17, 15) is 13.6 Å². The molecule has 0 aliphatic rings. The van der Waals surface area contributed by atoms with Crippen LogP contribution in [0.1, 0.15) is 15.9 Å². The summed E-state index contributed by atoms with van der Waals surface area (Å²) < 4.78 is 30.7. The Labute approximate surface area is 143 Å². The van der Waals surface area contributed by atoms with Crippen LogP contribution in [0.3, 0.4) is 0 Å². The number of carbonyl (C=O) groups excluding carboxylic acids is 1. The fraction of sp³-hybridized carbons (Fsp3) is 0.294. The van der Waals surface area contributed by atoms with Gasteiger partial charge in [-0.3, -0.25) is 4.79 Å². The number of carbonyl (C=O) groups is 1. The number of hydrogen-bond donors (Lipinski definition) is 0. The van der Waals surface area contributed by atoms with Crippen molar-refractivity contribution in [3.05, 3.63) is 53.7 Å². The van der Waals surface area contributed by atoms with E-state index in [4.69, 9.17) is 4.74 Å². The standard InChI is InChI=1S/C17H18F2N2O2S/c1-12-5-7-13(8-6-12)23-11-10-21(2)16(22)14-4-3-9-20-15(14)24-17(18)19/h3-9,17H,10-11H2,1-2H3. The van der Waals surface area contributed by atoms with Crippen molar-refractivity contribution in [2.24, 2.45) is 0 Å². The maximum Gasteiger partial charge on any atom is 0.290 e. The lowest BCUT2D eigenvalue weighted by molar-refractivity contribution is 0.0769. The van der Waals surface area contributed by atoms with E-state index in [0.717, 1.165) is 11.3 Å². The minimum Gasteiger partial charge on any atom is -0.492 e. The molecular formula is C17H18F2N2O2S. The van der Waals surface area contributed by atoms with Gasteiger partial charge >= 0.3 is 0 Å². The maximum absolute atomic E-state index is 12.6. The Kier molecular flexibility index (Phi) is 6.54. The quantitative estimate of drug-likeness (QED) is 0.710. The zero-order chi connectivity index (χ0) is 17.5. The topological polar surface area (TPSA) is 42.4 Å². The van der Waals surface area contributed by atoms with Gasteiger partial charge in [0.15, 0.2) is 0 Å². The minimum absolute atomic E-state index is 0.0313. The first-order valence-electron chi connectivity index (χ1n) is 7.32. The number of halogens is 2. The summed E-state index contributed by atoms with van der Waals surface area (Å²) in [5.41, 5.74) is 1.30. The zero-order valence-corrected chi connectivity index (χ0v) is 14.2. The molecule has 1 aromatic carbocycles. The number of aromatic nitrogens is 1. The van der Waals surface area contributed by atoms with Crippen molar-refractivity contribution < 1.29 is 18.3 Å². The van der Waals surface area contributed by atoms with E-state index < -0.39 is 5.76 Å². The van der Waals surface area contributed by atoms with Gasteiger partial charge in [-0.05, 0) is 43.0 Å². The number of aryl methyl sites for hydroxylation is 1. The molecule has 2 aromatic rings. The smallest absolute Gasteiger partial charge is 0.290 e. The van der Waals surface area contributed by atoms with Crippen LogP contribution in [-0.2, 0) is 0 Å². The highest BCUT2D eigenvalue weighted by atomic mass is 32.2. The number of thioether (sulfide) groups is 1. The van der Waals surface area contributed by atoms with Gasteiger partial charge in [0.25, 0.3) is 11.7 Å². The second-order valence-corrected chi connectivity index (χ2v) is 6.10. The summed E-state index contributed by atoms with van der Waals surface area (Å²) in [6.45, 7) is 2.63. The van der Waals surface area contributed by atoms with E-state index >= 15 is 0 Å². The largest absolute Gasteiger partial charge is 0.492 e. The summed E-state index contributed by atoms with van der Waals surface area (Å²) in [7, 11) is 1.60. The van der Waals surface area contributed by atoms with E-state index in [0.29, 0.717) is 13.2 Å². The lowest BCUT2D eigenvalue weighted by Crippen LogP contribution is -2.31. The van der Waals surface area contributed by atoms with Gasteiger partial charge in [-0.2, -0.15) is 8.78 Å². The van der Waals surface area contributed by atoms with Crippen LogP contribution in [0.4, 0.5) is 8.78 Å². The SMILES string of the molecule is Cc1ccc(OCCN(C)C(=O)c2cccnc2SC(F)F)cc1. The van der Waals surface area contributed by atoms with Crippen molar-refractivity contribution in [2.75, 3.05) is 20.2 Å². The van der Waals surface area contributed by atoms with Crippen LogP contribution < -0.4 is 4.74 Å². The highest BCUT2D eigenvalue weighted by molar-refractivity contribution is 7.99. The van der Waals surface area contributed by atoms with E-state index in [1.165, 1.54) is 17.2 Å². The molecule has 0 spiro atoms. The predicted octanol–water partition coefficient (Wildman–Crippen LogP) is 3.86. The van der Waals surface area contributed by atoms with Crippen molar-refractivity contribution in [1.82, 2.24) is 9.88 Å². The zero-order valence-electron chi connectivity index (χ0n) is 13.4. The number of rotatable bonds is 7. The Balaban J connectivity index is 1.93. The van der Waals surface area contributed by atoms with Gasteiger partial charge < -0.3 is 9.64 Å². The van der Waals surface area contributed by atoms with Gasteiger partial charge in [0.1, 0.15) is 17.4 Å². The van der Waals surface area contributed by atoms with E-state index in [1.807, 2.05) is 31.2 Å². The monoisotopic (exact) mass is 352 g/mol. The second-order valence-electron chi connectivity index (χ2n) is 5.12. The Morgan fingerprint density at radius 2 is 2.00 bits per heavy atom. The van der Waals surface area contributed by atoms with Crippen LogP contribution in [0, 0.1) is 6.92 Å². The third-order valence-electron chi connectivity index (χ3n) is 3.27. The Morgan fingerprint density at radius 3 is 2.67 bits per heavy atom. The van der Waals surface area contributed by atoms with Gasteiger partial charge in [0, 0.05) is 13.2 Å². The molecule has 0 unspecified atom stereocenters. The molecule has 128 valence electrons. The number of pyridine rings is 1. The molecule has 2 rings (SSSR count). The van der Waals surface area contributed by atoms with Crippen LogP contribution in [0.25, 0.3) is 0 Å². The third kappa shape index (κ3) is 5.19. The highest BCUT2D eigenvalue weighted by Crippen LogP contribution is 2.26. The van der Waals surface area contributed by atoms with Crippen LogP contribution in [-0.4, -0.2) is 41.7 Å². The number of nitrogens with zero attached hydrogens (tertiary/aromatic N) is 2. The average molecular weight is 352 g/mol. The molecule has 0 saturated carbocycles. The third-order valence-corrected chi connectivity index (χ3v) is 3.99. The molecule has 0 fully saturated rings. The van der Waals surface area contributed by atoms with Crippen LogP contribution in [0.5, 0.6) is 5.75 Å². The molecule has 24 heavy (non-hydrogen) atoms. The fourth-order valence-electron chi connectivity index (χ4n) is 1.97. The number of ether oxygens (including phenoxy) is 1. The summed E-state index contributed by atoms with van der Waals surface area (Å²) in [6.07, 6.45) is 1.39. The Morgan fingerprint density at radius 1 is 1.29 bits per heavy atom. The van der Waals surface area contributed by atoms with Crippen molar-refractivity contribution in [3.8, 4) is 5.75 Å². The summed E-state index contributed by atoms with van der Waals surface area (Å²) in [4.78, 5) is 17.7. The van der Waals surface area contributed by atoms with Gasteiger partial charge in [0.2, 0.25) is 0 Å². The average Bonchev–Trinajstić information content (AvgIpc) is 2.56. The van der Waals surface area contributed by atoms with E-state index in [2.05, 4.69) is 4.98 Å². The molecule has 0 bridgehead atoms. The number of amides is 1. The molecule has 1 aromatic heterocycles. The van der Waals surface area contributed by atoms with Gasteiger partial charge in [0.05, 0.1) is 12.1 Å². The van der Waals surface area contributed by atoms with Gasteiger partial charge in [-0.15, -0.1) is 0 Å². The molecule has 1 heterocycles. The first-order valence-corrected chi connectivity index (χ1v) is 8.20. The molecule has 0 atom stereocenters. The summed E-state index contributed by atoms with van der Waals surface area (Å²) >= 11 is 0.270. The number of likely N-dealkylation sites (N-methyl/N-ethyl adjacent to an activating group) is 1. The summed E-state index contributed by atoms with van der Waals surface area (Å²) in [5.74, 6) is -2.27. The summed E-state index contributed by atoms with van der Waals surface area (Å²) in [5, 5.41) is 0.0313. The first-order chi connectivity index (χ1) is 11.5. The van der Waals surface area contributed by atoms with Crippen LogP contribution in [0.2, 0.25) is 0 Å². The van der Waals surface area contributed by atoms with Crippen molar-refractivity contribution in [1.29, 1.82) is 0 Å². The first kappa shape index (κ1) is 18.2.